The minimum absolute atomic E-state index is 0.259. The molecule has 2 aliphatic rings. The summed E-state index contributed by atoms with van der Waals surface area (Å²) in [5, 5.41) is 1.91. The smallest absolute Gasteiger partial charge is 0.363 e. The number of benzene rings is 1. The Bertz CT molecular complexity index is 808. The van der Waals surface area contributed by atoms with Crippen LogP contribution in [0.25, 0.3) is 6.08 Å². The normalized spacial score (nSPS) is 18.5. The molecule has 0 amide bonds. The highest BCUT2D eigenvalue weighted by molar-refractivity contribution is 7.12. The van der Waals surface area contributed by atoms with E-state index in [0.717, 1.165) is 16.9 Å². The van der Waals surface area contributed by atoms with E-state index in [1.165, 1.54) is 11.3 Å². The molecule has 1 aromatic heterocycles. The van der Waals surface area contributed by atoms with Gasteiger partial charge in [-0.05, 0) is 23.6 Å². The molecule has 0 atom stereocenters. The number of cyclic esters (lactones) is 1. The molecule has 116 valence electrons. The molecule has 0 fully saturated rings. The zero-order valence-electron chi connectivity index (χ0n) is 12.2. The molecule has 0 unspecified atom stereocenters. The SMILES string of the molecule is O=C1OC(c2cccs2)=N/C1=C\c1cccc2c1OCCCO2. The number of hydrogen-bond acceptors (Lipinski definition) is 6. The Balaban J connectivity index is 1.72. The van der Waals surface area contributed by atoms with Gasteiger partial charge in [-0.1, -0.05) is 18.2 Å². The van der Waals surface area contributed by atoms with E-state index in [9.17, 15) is 4.79 Å². The third kappa shape index (κ3) is 2.73. The first-order chi connectivity index (χ1) is 11.3. The molecular weight excluding hydrogens is 314 g/mol. The first-order valence-electron chi connectivity index (χ1n) is 7.26. The van der Waals surface area contributed by atoms with Crippen LogP contribution in [-0.4, -0.2) is 25.1 Å². The van der Waals surface area contributed by atoms with E-state index in [2.05, 4.69) is 4.99 Å². The van der Waals surface area contributed by atoms with Gasteiger partial charge in [-0.15, -0.1) is 11.3 Å². The summed E-state index contributed by atoms with van der Waals surface area (Å²) in [6.07, 6.45) is 2.50. The lowest BCUT2D eigenvalue weighted by Crippen LogP contribution is -2.03. The van der Waals surface area contributed by atoms with Crippen molar-refractivity contribution in [2.45, 2.75) is 6.42 Å². The van der Waals surface area contributed by atoms with Crippen molar-refractivity contribution < 1.29 is 19.0 Å². The number of ether oxygens (including phenoxy) is 3. The van der Waals surface area contributed by atoms with E-state index in [4.69, 9.17) is 14.2 Å². The van der Waals surface area contributed by atoms with Gasteiger partial charge in [0.15, 0.2) is 17.2 Å². The lowest BCUT2D eigenvalue weighted by atomic mass is 10.1. The summed E-state index contributed by atoms with van der Waals surface area (Å²) in [6.45, 7) is 1.21. The Morgan fingerprint density at radius 2 is 2.04 bits per heavy atom. The standard InChI is InChI=1S/C17H13NO4S/c19-17-12(18-16(22-17)14-6-2-9-23-14)10-11-4-1-5-13-15(11)21-8-3-7-20-13/h1-2,4-6,9-10H,3,7-8H2/b12-10-. The highest BCUT2D eigenvalue weighted by atomic mass is 32.1. The third-order valence-electron chi connectivity index (χ3n) is 3.45. The van der Waals surface area contributed by atoms with E-state index in [-0.39, 0.29) is 5.70 Å². The van der Waals surface area contributed by atoms with Gasteiger partial charge in [0.1, 0.15) is 0 Å². The molecule has 0 saturated heterocycles. The molecule has 5 nitrogen and oxygen atoms in total. The largest absolute Gasteiger partial charge is 0.490 e. The Hall–Kier alpha value is -2.60. The molecule has 6 heteroatoms. The number of hydrogen-bond donors (Lipinski definition) is 0. The van der Waals surface area contributed by atoms with Crippen molar-refractivity contribution in [2.24, 2.45) is 4.99 Å². The molecular formula is C17H13NO4S. The lowest BCUT2D eigenvalue weighted by Gasteiger charge is -2.09. The predicted octanol–water partition coefficient (Wildman–Crippen LogP) is 3.25. The van der Waals surface area contributed by atoms with Gasteiger partial charge in [-0.2, -0.15) is 0 Å². The third-order valence-corrected chi connectivity index (χ3v) is 4.30. The van der Waals surface area contributed by atoms with Crippen molar-refractivity contribution in [3.05, 3.63) is 51.8 Å². The number of nitrogens with zero attached hydrogens (tertiary/aromatic N) is 1. The first-order valence-corrected chi connectivity index (χ1v) is 8.14. The van der Waals surface area contributed by atoms with Crippen LogP contribution in [0.1, 0.15) is 16.9 Å². The highest BCUT2D eigenvalue weighted by Crippen LogP contribution is 2.35. The average Bonchev–Trinajstić information content (AvgIpc) is 3.13. The van der Waals surface area contributed by atoms with Gasteiger partial charge in [0.2, 0.25) is 5.90 Å². The minimum Gasteiger partial charge on any atom is -0.490 e. The minimum atomic E-state index is -0.458. The van der Waals surface area contributed by atoms with Crippen LogP contribution in [0, 0.1) is 0 Å². The van der Waals surface area contributed by atoms with Gasteiger partial charge in [0.05, 0.1) is 18.1 Å². The molecule has 0 radical (unpaired) electrons. The summed E-state index contributed by atoms with van der Waals surface area (Å²) < 4.78 is 16.7. The summed E-state index contributed by atoms with van der Waals surface area (Å²) >= 11 is 1.48. The van der Waals surface area contributed by atoms with Gasteiger partial charge >= 0.3 is 5.97 Å². The summed E-state index contributed by atoms with van der Waals surface area (Å²) in [5.74, 6) is 1.21. The zero-order chi connectivity index (χ0) is 15.6. The molecule has 0 spiro atoms. The molecule has 2 aliphatic heterocycles. The molecule has 0 bridgehead atoms. The van der Waals surface area contributed by atoms with Gasteiger partial charge in [-0.25, -0.2) is 9.79 Å². The molecule has 23 heavy (non-hydrogen) atoms. The van der Waals surface area contributed by atoms with E-state index in [0.29, 0.717) is 30.6 Å². The van der Waals surface area contributed by atoms with Crippen molar-refractivity contribution in [3.63, 3.8) is 0 Å². The number of carbonyl (C=O) groups excluding carboxylic acids is 1. The van der Waals surface area contributed by atoms with Gasteiger partial charge in [0, 0.05) is 12.0 Å². The summed E-state index contributed by atoms with van der Waals surface area (Å²) in [5.41, 5.74) is 1.02. The van der Waals surface area contributed by atoms with Crippen LogP contribution in [0.3, 0.4) is 0 Å². The van der Waals surface area contributed by atoms with E-state index in [1.807, 2.05) is 35.7 Å². The first kappa shape index (κ1) is 14.0. The van der Waals surface area contributed by atoms with Crippen LogP contribution in [0.4, 0.5) is 0 Å². The van der Waals surface area contributed by atoms with Crippen molar-refractivity contribution in [3.8, 4) is 11.5 Å². The van der Waals surface area contributed by atoms with Crippen molar-refractivity contribution in [2.75, 3.05) is 13.2 Å². The fraction of sp³-hybridized carbons (Fsp3) is 0.176. The van der Waals surface area contributed by atoms with E-state index >= 15 is 0 Å². The van der Waals surface area contributed by atoms with Crippen LogP contribution in [0.2, 0.25) is 0 Å². The maximum Gasteiger partial charge on any atom is 0.363 e. The Labute approximate surface area is 136 Å². The van der Waals surface area contributed by atoms with Crippen LogP contribution in [0.5, 0.6) is 11.5 Å². The second-order valence-electron chi connectivity index (χ2n) is 5.04. The summed E-state index contributed by atoms with van der Waals surface area (Å²) in [7, 11) is 0. The number of thiophene rings is 1. The van der Waals surface area contributed by atoms with Gasteiger partial charge in [-0.3, -0.25) is 0 Å². The second kappa shape index (κ2) is 5.89. The summed E-state index contributed by atoms with van der Waals surface area (Å²) in [6, 6.07) is 9.35. The molecule has 3 heterocycles. The predicted molar refractivity (Wildman–Crippen MR) is 87.0 cm³/mol. The molecule has 1 aromatic carbocycles. The average molecular weight is 327 g/mol. The highest BCUT2D eigenvalue weighted by Gasteiger charge is 2.25. The van der Waals surface area contributed by atoms with Crippen LogP contribution in [0.15, 0.2) is 46.4 Å². The van der Waals surface area contributed by atoms with Crippen LogP contribution in [-0.2, 0) is 9.53 Å². The Kier molecular flexibility index (Phi) is 3.59. The van der Waals surface area contributed by atoms with Crippen LogP contribution < -0.4 is 9.47 Å². The molecule has 0 N–H and O–H groups in total. The molecule has 2 aromatic rings. The van der Waals surface area contributed by atoms with Gasteiger partial charge in [0.25, 0.3) is 0 Å². The fourth-order valence-corrected chi connectivity index (χ4v) is 3.04. The van der Waals surface area contributed by atoms with Crippen molar-refractivity contribution >= 4 is 29.3 Å². The number of rotatable bonds is 2. The Morgan fingerprint density at radius 3 is 2.91 bits per heavy atom. The topological polar surface area (TPSA) is 57.1 Å². The summed E-state index contributed by atoms with van der Waals surface area (Å²) in [4.78, 5) is 17.2. The van der Waals surface area contributed by atoms with E-state index < -0.39 is 5.97 Å². The van der Waals surface area contributed by atoms with E-state index in [1.54, 1.807) is 6.08 Å². The molecule has 0 saturated carbocycles. The van der Waals surface area contributed by atoms with Crippen molar-refractivity contribution in [1.29, 1.82) is 0 Å². The molecule has 4 rings (SSSR count). The molecule has 0 aliphatic carbocycles. The maximum absolute atomic E-state index is 12.0. The number of aliphatic imine (C=N–C) groups is 1. The fourth-order valence-electron chi connectivity index (χ4n) is 2.39. The quantitative estimate of drug-likeness (QED) is 0.627. The number of esters is 1. The van der Waals surface area contributed by atoms with Crippen molar-refractivity contribution in [1.82, 2.24) is 0 Å². The maximum atomic E-state index is 12.0. The second-order valence-corrected chi connectivity index (χ2v) is 5.99. The van der Waals surface area contributed by atoms with Crippen LogP contribution >= 0.6 is 11.3 Å². The number of fused-ring (bicyclic) bond motifs is 1. The van der Waals surface area contributed by atoms with Gasteiger partial charge < -0.3 is 14.2 Å². The zero-order valence-corrected chi connectivity index (χ0v) is 13.0. The lowest BCUT2D eigenvalue weighted by molar-refractivity contribution is -0.129. The Morgan fingerprint density at radius 1 is 1.13 bits per heavy atom. The number of para-hydroxylation sites is 1. The monoisotopic (exact) mass is 327 g/mol. The number of carbonyl (C=O) groups is 1.